The van der Waals surface area contributed by atoms with Gasteiger partial charge in [-0.3, -0.25) is 5.32 Å². The highest BCUT2D eigenvalue weighted by molar-refractivity contribution is 5.88. The molecule has 2 aromatic carbocycles. The first kappa shape index (κ1) is 20.5. The van der Waals surface area contributed by atoms with E-state index in [0.29, 0.717) is 12.4 Å². The molecule has 1 aliphatic rings. The van der Waals surface area contributed by atoms with Crippen molar-refractivity contribution in [2.45, 2.75) is 6.54 Å². The summed E-state index contributed by atoms with van der Waals surface area (Å²) in [5.41, 5.74) is 2.22. The summed E-state index contributed by atoms with van der Waals surface area (Å²) >= 11 is 0. The van der Waals surface area contributed by atoms with E-state index in [4.69, 9.17) is 4.74 Å². The lowest BCUT2D eigenvalue weighted by atomic mass is 10.2. The van der Waals surface area contributed by atoms with E-state index < -0.39 is 0 Å². The maximum absolute atomic E-state index is 12.3. The Morgan fingerprint density at radius 3 is 2.39 bits per heavy atom. The SMILES string of the molecule is COc1ccc(CNC(=O)Nc2cc(N3CCN(c4ccccc4)CC3)ncn2)cc1. The number of hydrogen-bond donors (Lipinski definition) is 2. The van der Waals surface area contributed by atoms with Crippen molar-refractivity contribution in [2.24, 2.45) is 0 Å². The Labute approximate surface area is 181 Å². The number of amides is 2. The Kier molecular flexibility index (Phi) is 6.47. The zero-order valence-corrected chi connectivity index (χ0v) is 17.5. The predicted molar refractivity (Wildman–Crippen MR) is 122 cm³/mol. The first-order chi connectivity index (χ1) is 15.2. The molecule has 0 spiro atoms. The summed E-state index contributed by atoms with van der Waals surface area (Å²) in [4.78, 5) is 25.4. The van der Waals surface area contributed by atoms with Crippen LogP contribution in [-0.2, 0) is 6.54 Å². The summed E-state index contributed by atoms with van der Waals surface area (Å²) in [6.07, 6.45) is 1.48. The van der Waals surface area contributed by atoms with Crippen LogP contribution in [0.3, 0.4) is 0 Å². The molecule has 1 aromatic heterocycles. The Morgan fingerprint density at radius 1 is 0.968 bits per heavy atom. The van der Waals surface area contributed by atoms with Gasteiger partial charge in [-0.2, -0.15) is 0 Å². The predicted octanol–water partition coefficient (Wildman–Crippen LogP) is 3.13. The molecule has 0 atom stereocenters. The number of para-hydroxylation sites is 1. The molecular formula is C23H26N6O2. The van der Waals surface area contributed by atoms with E-state index in [1.807, 2.05) is 36.4 Å². The van der Waals surface area contributed by atoms with Gasteiger partial charge >= 0.3 is 6.03 Å². The number of aromatic nitrogens is 2. The first-order valence-corrected chi connectivity index (χ1v) is 10.3. The van der Waals surface area contributed by atoms with Crippen molar-refractivity contribution in [1.82, 2.24) is 15.3 Å². The number of methoxy groups -OCH3 is 1. The molecule has 4 rings (SSSR count). The fourth-order valence-electron chi connectivity index (χ4n) is 3.51. The van der Waals surface area contributed by atoms with E-state index in [9.17, 15) is 4.79 Å². The van der Waals surface area contributed by atoms with Gasteiger partial charge in [-0.15, -0.1) is 0 Å². The normalized spacial score (nSPS) is 13.6. The van der Waals surface area contributed by atoms with Gasteiger partial charge in [0, 0.05) is 44.5 Å². The van der Waals surface area contributed by atoms with E-state index >= 15 is 0 Å². The minimum Gasteiger partial charge on any atom is -0.497 e. The second-order valence-corrected chi connectivity index (χ2v) is 7.23. The largest absolute Gasteiger partial charge is 0.497 e. The summed E-state index contributed by atoms with van der Waals surface area (Å²) < 4.78 is 5.14. The average Bonchev–Trinajstić information content (AvgIpc) is 2.84. The van der Waals surface area contributed by atoms with Crippen molar-refractivity contribution in [3.05, 3.63) is 72.6 Å². The van der Waals surface area contributed by atoms with Crippen LogP contribution in [0, 0.1) is 0 Å². The van der Waals surface area contributed by atoms with Gasteiger partial charge in [-0.25, -0.2) is 14.8 Å². The molecule has 8 nitrogen and oxygen atoms in total. The van der Waals surface area contributed by atoms with E-state index in [1.54, 1.807) is 7.11 Å². The van der Waals surface area contributed by atoms with E-state index in [2.05, 4.69) is 54.7 Å². The highest BCUT2D eigenvalue weighted by atomic mass is 16.5. The quantitative estimate of drug-likeness (QED) is 0.640. The van der Waals surface area contributed by atoms with Gasteiger partial charge in [0.05, 0.1) is 7.11 Å². The van der Waals surface area contributed by atoms with Crippen LogP contribution < -0.4 is 25.2 Å². The number of nitrogens with zero attached hydrogens (tertiary/aromatic N) is 4. The van der Waals surface area contributed by atoms with Crippen molar-refractivity contribution in [1.29, 1.82) is 0 Å². The molecule has 2 amide bonds. The van der Waals surface area contributed by atoms with Gasteiger partial charge in [0.25, 0.3) is 0 Å². The van der Waals surface area contributed by atoms with Gasteiger partial charge in [0.1, 0.15) is 23.7 Å². The smallest absolute Gasteiger partial charge is 0.320 e. The molecule has 0 unspecified atom stereocenters. The highest BCUT2D eigenvalue weighted by Crippen LogP contribution is 2.20. The van der Waals surface area contributed by atoms with Crippen LogP contribution in [-0.4, -0.2) is 49.3 Å². The van der Waals surface area contributed by atoms with Crippen molar-refractivity contribution in [3.63, 3.8) is 0 Å². The van der Waals surface area contributed by atoms with Crippen LogP contribution >= 0.6 is 0 Å². The standard InChI is InChI=1S/C23H26N6O2/c1-31-20-9-7-18(8-10-20)16-24-23(30)27-21-15-22(26-17-25-21)29-13-11-28(12-14-29)19-5-3-2-4-6-19/h2-10,15,17H,11-14,16H2,1H3,(H2,24,25,26,27,30). The van der Waals surface area contributed by atoms with Crippen LogP contribution in [0.1, 0.15) is 5.56 Å². The number of anilines is 3. The minimum absolute atomic E-state index is 0.311. The van der Waals surface area contributed by atoms with E-state index in [1.165, 1.54) is 12.0 Å². The third kappa shape index (κ3) is 5.42. The second kappa shape index (κ2) is 9.80. The summed E-state index contributed by atoms with van der Waals surface area (Å²) in [5.74, 6) is 2.07. The number of carbonyl (C=O) groups excluding carboxylic acids is 1. The third-order valence-corrected chi connectivity index (χ3v) is 5.23. The fourth-order valence-corrected chi connectivity index (χ4v) is 3.51. The summed E-state index contributed by atoms with van der Waals surface area (Å²) in [7, 11) is 1.62. The number of hydrogen-bond acceptors (Lipinski definition) is 6. The maximum Gasteiger partial charge on any atom is 0.320 e. The molecule has 31 heavy (non-hydrogen) atoms. The van der Waals surface area contributed by atoms with Crippen LogP contribution in [0.25, 0.3) is 0 Å². The molecule has 0 saturated carbocycles. The highest BCUT2D eigenvalue weighted by Gasteiger charge is 2.19. The molecule has 160 valence electrons. The number of carbonyl (C=O) groups is 1. The van der Waals surface area contributed by atoms with E-state index in [0.717, 1.165) is 43.3 Å². The molecule has 1 fully saturated rings. The molecule has 3 aromatic rings. The molecule has 2 N–H and O–H groups in total. The molecule has 1 aliphatic heterocycles. The first-order valence-electron chi connectivity index (χ1n) is 10.3. The van der Waals surface area contributed by atoms with Gasteiger partial charge in [-0.1, -0.05) is 30.3 Å². The zero-order valence-electron chi connectivity index (χ0n) is 17.5. The molecule has 1 saturated heterocycles. The molecule has 0 bridgehead atoms. The molecule has 2 heterocycles. The Morgan fingerprint density at radius 2 is 1.68 bits per heavy atom. The number of benzene rings is 2. The maximum atomic E-state index is 12.3. The molecule has 0 aliphatic carbocycles. The summed E-state index contributed by atoms with van der Waals surface area (Å²) in [5, 5.41) is 5.62. The number of piperazine rings is 1. The average molecular weight is 419 g/mol. The lowest BCUT2D eigenvalue weighted by Gasteiger charge is -2.36. The van der Waals surface area contributed by atoms with Crippen LogP contribution in [0.5, 0.6) is 5.75 Å². The van der Waals surface area contributed by atoms with Crippen molar-refractivity contribution in [3.8, 4) is 5.75 Å². The summed E-state index contributed by atoms with van der Waals surface area (Å²) in [6, 6.07) is 19.5. The van der Waals surface area contributed by atoms with Gasteiger partial charge in [0.2, 0.25) is 0 Å². The fraction of sp³-hybridized carbons (Fsp3) is 0.261. The Bertz CT molecular complexity index is 988. The number of ether oxygens (including phenoxy) is 1. The Hall–Kier alpha value is -3.81. The van der Waals surface area contributed by atoms with Gasteiger partial charge < -0.3 is 19.9 Å². The molecular weight excluding hydrogens is 392 g/mol. The van der Waals surface area contributed by atoms with Gasteiger partial charge in [-0.05, 0) is 29.8 Å². The Balaban J connectivity index is 1.29. The van der Waals surface area contributed by atoms with Crippen molar-refractivity contribution < 1.29 is 9.53 Å². The monoisotopic (exact) mass is 418 g/mol. The third-order valence-electron chi connectivity index (χ3n) is 5.23. The number of nitrogens with one attached hydrogen (secondary N) is 2. The molecule has 8 heteroatoms. The second-order valence-electron chi connectivity index (χ2n) is 7.23. The topological polar surface area (TPSA) is 82.6 Å². The zero-order chi connectivity index (χ0) is 21.5. The summed E-state index contributed by atoms with van der Waals surface area (Å²) in [6.45, 7) is 3.96. The lowest BCUT2D eigenvalue weighted by molar-refractivity contribution is 0.251. The van der Waals surface area contributed by atoms with Crippen LogP contribution in [0.15, 0.2) is 67.0 Å². The van der Waals surface area contributed by atoms with Gasteiger partial charge in [0.15, 0.2) is 0 Å². The van der Waals surface area contributed by atoms with Crippen LogP contribution in [0.2, 0.25) is 0 Å². The number of rotatable bonds is 6. The lowest BCUT2D eigenvalue weighted by Crippen LogP contribution is -2.46. The van der Waals surface area contributed by atoms with Crippen molar-refractivity contribution in [2.75, 3.05) is 48.4 Å². The van der Waals surface area contributed by atoms with E-state index in [-0.39, 0.29) is 6.03 Å². The minimum atomic E-state index is -0.311. The molecule has 0 radical (unpaired) electrons. The van der Waals surface area contributed by atoms with Crippen LogP contribution in [0.4, 0.5) is 22.1 Å². The number of urea groups is 1. The van der Waals surface area contributed by atoms with Crippen molar-refractivity contribution >= 4 is 23.4 Å².